The van der Waals surface area contributed by atoms with E-state index >= 15 is 0 Å². The lowest BCUT2D eigenvalue weighted by atomic mass is 10.0. The van der Waals surface area contributed by atoms with Gasteiger partial charge < -0.3 is 0 Å². The summed E-state index contributed by atoms with van der Waals surface area (Å²) < 4.78 is 12.8. The normalized spacial score (nSPS) is 11.3. The highest BCUT2D eigenvalue weighted by Crippen LogP contribution is 2.31. The van der Waals surface area contributed by atoms with Crippen LogP contribution in [-0.2, 0) is 4.57 Å². The monoisotopic (exact) mass is 361 g/mol. The Morgan fingerprint density at radius 1 is 0.692 bits per heavy atom. The maximum absolute atomic E-state index is 12.8. The van der Waals surface area contributed by atoms with E-state index in [9.17, 15) is 9.36 Å². The summed E-state index contributed by atoms with van der Waals surface area (Å²) in [6, 6.07) is 19.6. The molecule has 0 radical (unpaired) electrons. The van der Waals surface area contributed by atoms with E-state index in [0.29, 0.717) is 10.9 Å². The van der Waals surface area contributed by atoms with Crippen molar-refractivity contribution in [1.82, 2.24) is 0 Å². The molecule has 0 aliphatic carbocycles. The van der Waals surface area contributed by atoms with Crippen LogP contribution in [0.2, 0.25) is 0 Å². The Morgan fingerprint density at radius 3 is 1.65 bits per heavy atom. The van der Waals surface area contributed by atoms with Crippen molar-refractivity contribution in [2.75, 3.05) is 0 Å². The quantitative estimate of drug-likeness (QED) is 0.544. The van der Waals surface area contributed by atoms with Crippen LogP contribution in [0, 0.1) is 27.7 Å². The van der Waals surface area contributed by atoms with Gasteiger partial charge in [0.1, 0.15) is 0 Å². The minimum absolute atomic E-state index is 0.293. The molecule has 0 heterocycles. The Balaban J connectivity index is 1.89. The van der Waals surface area contributed by atoms with Gasteiger partial charge in [-0.1, -0.05) is 52.1 Å². The molecule has 3 aromatic rings. The SMILES string of the molecule is Cc1ccc(-c2ccc([P+](=O)C(=O)c3c(C)cc(C)cc3C)cc2)cc1. The van der Waals surface area contributed by atoms with Gasteiger partial charge in [0.2, 0.25) is 0 Å². The fourth-order valence-corrected chi connectivity index (χ4v) is 4.48. The van der Waals surface area contributed by atoms with Gasteiger partial charge in [-0.15, -0.1) is 0 Å². The molecular formula is C23H22O2P+. The summed E-state index contributed by atoms with van der Waals surface area (Å²) in [5.74, 6) is 0. The van der Waals surface area contributed by atoms with Crippen molar-refractivity contribution in [2.24, 2.45) is 0 Å². The Kier molecular flexibility index (Phi) is 5.15. The highest BCUT2D eigenvalue weighted by Gasteiger charge is 2.34. The van der Waals surface area contributed by atoms with Crippen LogP contribution in [-0.4, -0.2) is 5.52 Å². The Morgan fingerprint density at radius 2 is 1.15 bits per heavy atom. The maximum atomic E-state index is 12.8. The molecule has 0 aliphatic heterocycles. The van der Waals surface area contributed by atoms with Crippen LogP contribution in [0.4, 0.5) is 0 Å². The molecule has 1 atom stereocenters. The zero-order valence-electron chi connectivity index (χ0n) is 15.5. The molecule has 0 aromatic heterocycles. The van der Waals surface area contributed by atoms with E-state index in [4.69, 9.17) is 0 Å². The van der Waals surface area contributed by atoms with Crippen molar-refractivity contribution in [3.05, 3.63) is 88.5 Å². The van der Waals surface area contributed by atoms with Crippen molar-refractivity contribution >= 4 is 18.6 Å². The molecule has 0 aliphatic rings. The highest BCUT2D eigenvalue weighted by molar-refractivity contribution is 7.71. The number of hydrogen-bond donors (Lipinski definition) is 0. The van der Waals surface area contributed by atoms with Crippen molar-refractivity contribution in [3.8, 4) is 11.1 Å². The average molecular weight is 361 g/mol. The standard InChI is InChI=1S/C23H22O2P/c1-15-5-7-19(8-6-15)20-9-11-21(12-10-20)26(25)23(24)22-17(3)13-16(2)14-18(22)4/h5-14H,1-4H3/q+1. The summed E-state index contributed by atoms with van der Waals surface area (Å²) in [5.41, 5.74) is 6.52. The number of aryl methyl sites for hydroxylation is 4. The smallest absolute Gasteiger partial charge is 0.234 e. The summed E-state index contributed by atoms with van der Waals surface area (Å²) in [6.07, 6.45) is 0. The van der Waals surface area contributed by atoms with E-state index in [-0.39, 0.29) is 5.52 Å². The first kappa shape index (κ1) is 18.2. The zero-order valence-corrected chi connectivity index (χ0v) is 16.4. The fourth-order valence-electron chi connectivity index (χ4n) is 3.27. The average Bonchev–Trinajstić information content (AvgIpc) is 2.61. The van der Waals surface area contributed by atoms with Gasteiger partial charge in [0.25, 0.3) is 0 Å². The molecule has 0 N–H and O–H groups in total. The minimum atomic E-state index is -2.13. The third kappa shape index (κ3) is 3.66. The molecule has 26 heavy (non-hydrogen) atoms. The van der Waals surface area contributed by atoms with Crippen molar-refractivity contribution in [2.45, 2.75) is 27.7 Å². The molecule has 0 bridgehead atoms. The molecule has 0 saturated carbocycles. The van der Waals surface area contributed by atoms with Gasteiger partial charge in [-0.05, 0) is 74.2 Å². The van der Waals surface area contributed by atoms with Gasteiger partial charge in [-0.3, -0.25) is 0 Å². The van der Waals surface area contributed by atoms with Gasteiger partial charge >= 0.3 is 13.3 Å². The van der Waals surface area contributed by atoms with E-state index < -0.39 is 7.80 Å². The Hall–Kier alpha value is -2.57. The first-order chi connectivity index (χ1) is 12.4. The maximum Gasteiger partial charge on any atom is 0.458 e. The van der Waals surface area contributed by atoms with Crippen molar-refractivity contribution < 1.29 is 9.36 Å². The highest BCUT2D eigenvalue weighted by atomic mass is 31.1. The van der Waals surface area contributed by atoms with E-state index in [0.717, 1.165) is 27.8 Å². The number of carbonyl (C=O) groups excluding carboxylic acids is 1. The largest absolute Gasteiger partial charge is 0.458 e. The summed E-state index contributed by atoms with van der Waals surface area (Å²) in [5, 5.41) is 0.570. The van der Waals surface area contributed by atoms with Crippen LogP contribution < -0.4 is 5.30 Å². The molecular weight excluding hydrogens is 339 g/mol. The van der Waals surface area contributed by atoms with Crippen LogP contribution in [0.1, 0.15) is 32.6 Å². The molecule has 130 valence electrons. The topological polar surface area (TPSA) is 34.1 Å². The molecule has 0 spiro atoms. The second-order valence-corrected chi connectivity index (χ2v) is 8.30. The Labute approximate surface area is 155 Å². The number of carbonyl (C=O) groups is 1. The molecule has 3 heteroatoms. The van der Waals surface area contributed by atoms with Crippen LogP contribution in [0.25, 0.3) is 11.1 Å². The second kappa shape index (κ2) is 7.35. The van der Waals surface area contributed by atoms with E-state index in [1.54, 1.807) is 12.1 Å². The lowest BCUT2D eigenvalue weighted by Gasteiger charge is -2.05. The fraction of sp³-hybridized carbons (Fsp3) is 0.174. The summed E-state index contributed by atoms with van der Waals surface area (Å²) in [7, 11) is -2.13. The lowest BCUT2D eigenvalue weighted by Crippen LogP contribution is -2.07. The van der Waals surface area contributed by atoms with Crippen LogP contribution >= 0.6 is 7.80 Å². The molecule has 0 saturated heterocycles. The molecule has 3 rings (SSSR count). The number of rotatable bonds is 4. The molecule has 2 nitrogen and oxygen atoms in total. The first-order valence-electron chi connectivity index (χ1n) is 8.63. The van der Waals surface area contributed by atoms with Crippen LogP contribution in [0.3, 0.4) is 0 Å². The third-order valence-corrected chi connectivity index (χ3v) is 5.92. The molecule has 1 unspecified atom stereocenters. The van der Waals surface area contributed by atoms with Gasteiger partial charge in [-0.2, -0.15) is 0 Å². The lowest BCUT2D eigenvalue weighted by molar-refractivity contribution is 0.107. The van der Waals surface area contributed by atoms with E-state index in [1.165, 1.54) is 5.56 Å². The summed E-state index contributed by atoms with van der Waals surface area (Å²) in [4.78, 5) is 12.8. The molecule has 0 fully saturated rings. The zero-order chi connectivity index (χ0) is 18.8. The van der Waals surface area contributed by atoms with Gasteiger partial charge in [0.15, 0.2) is 5.30 Å². The van der Waals surface area contributed by atoms with Gasteiger partial charge in [0.05, 0.1) is 5.56 Å². The van der Waals surface area contributed by atoms with E-state index in [2.05, 4.69) is 31.2 Å². The second-order valence-electron chi connectivity index (χ2n) is 6.79. The predicted octanol–water partition coefficient (Wildman–Crippen LogP) is 5.88. The Bertz CT molecular complexity index is 961. The molecule has 0 amide bonds. The van der Waals surface area contributed by atoms with E-state index in [1.807, 2.05) is 45.0 Å². The first-order valence-corrected chi connectivity index (χ1v) is 9.89. The summed E-state index contributed by atoms with van der Waals surface area (Å²) >= 11 is 0. The number of benzene rings is 3. The van der Waals surface area contributed by atoms with Gasteiger partial charge in [0, 0.05) is 0 Å². The van der Waals surface area contributed by atoms with Crippen molar-refractivity contribution in [1.29, 1.82) is 0 Å². The minimum Gasteiger partial charge on any atom is -0.234 e. The van der Waals surface area contributed by atoms with Gasteiger partial charge in [-0.25, -0.2) is 4.79 Å². The molecule has 3 aromatic carbocycles. The van der Waals surface area contributed by atoms with Crippen molar-refractivity contribution in [3.63, 3.8) is 0 Å². The number of hydrogen-bond acceptors (Lipinski definition) is 2. The third-order valence-electron chi connectivity index (χ3n) is 4.56. The summed E-state index contributed by atoms with van der Waals surface area (Å²) in [6.45, 7) is 7.85. The van der Waals surface area contributed by atoms with Crippen LogP contribution in [0.15, 0.2) is 60.7 Å². The van der Waals surface area contributed by atoms with Crippen LogP contribution in [0.5, 0.6) is 0 Å². The predicted molar refractivity (Wildman–Crippen MR) is 109 cm³/mol.